The number of piperidine rings is 1. The molecule has 0 aliphatic carbocycles. The van der Waals surface area contributed by atoms with Gasteiger partial charge in [-0.05, 0) is 50.8 Å². The first kappa shape index (κ1) is 16.9. The van der Waals surface area contributed by atoms with E-state index in [0.717, 1.165) is 44.6 Å². The van der Waals surface area contributed by atoms with Gasteiger partial charge in [-0.3, -0.25) is 14.9 Å². The predicted molar refractivity (Wildman–Crippen MR) is 91.8 cm³/mol. The normalized spacial score (nSPS) is 21.8. The van der Waals surface area contributed by atoms with Crippen LogP contribution in [0.4, 0.5) is 5.69 Å². The van der Waals surface area contributed by atoms with Crippen molar-refractivity contribution in [3.63, 3.8) is 0 Å². The molecule has 2 fully saturated rings. The van der Waals surface area contributed by atoms with Crippen molar-refractivity contribution in [1.82, 2.24) is 9.80 Å². The van der Waals surface area contributed by atoms with Gasteiger partial charge in [0.15, 0.2) is 0 Å². The molecular weight excluding hydrogens is 306 g/mol. The summed E-state index contributed by atoms with van der Waals surface area (Å²) in [7, 11) is 0. The highest BCUT2D eigenvalue weighted by Crippen LogP contribution is 2.22. The molecule has 3 rings (SSSR count). The van der Waals surface area contributed by atoms with Gasteiger partial charge in [-0.25, -0.2) is 0 Å². The van der Waals surface area contributed by atoms with Crippen LogP contribution in [0.1, 0.15) is 37.7 Å². The standard InChI is InChI=1S/C18H25N3O3/c22-18(13-15-6-5-8-16(12-15)21(23)24)20-11-2-1-7-17(20)14-19-9-3-4-10-19/h5-6,8,12,17H,1-4,7,9-11,13-14H2/t17-/m1/s1. The maximum atomic E-state index is 12.8. The molecule has 0 saturated carbocycles. The van der Waals surface area contributed by atoms with Crippen molar-refractivity contribution in [3.8, 4) is 0 Å². The number of amides is 1. The molecule has 0 radical (unpaired) electrons. The molecule has 2 saturated heterocycles. The summed E-state index contributed by atoms with van der Waals surface area (Å²) in [5.41, 5.74) is 0.771. The second-order valence-electron chi connectivity index (χ2n) is 6.85. The number of hydrogen-bond donors (Lipinski definition) is 0. The molecular formula is C18H25N3O3. The number of likely N-dealkylation sites (tertiary alicyclic amines) is 2. The highest BCUT2D eigenvalue weighted by Gasteiger charge is 2.29. The topological polar surface area (TPSA) is 66.7 Å². The van der Waals surface area contributed by atoms with Gasteiger partial charge in [0.25, 0.3) is 5.69 Å². The Morgan fingerprint density at radius 3 is 2.67 bits per heavy atom. The van der Waals surface area contributed by atoms with Crippen LogP contribution in [-0.2, 0) is 11.2 Å². The van der Waals surface area contributed by atoms with Gasteiger partial charge in [-0.15, -0.1) is 0 Å². The fourth-order valence-corrected chi connectivity index (χ4v) is 3.84. The molecule has 6 heteroatoms. The highest BCUT2D eigenvalue weighted by atomic mass is 16.6. The molecule has 1 aromatic carbocycles. The Hall–Kier alpha value is -1.95. The Bertz CT molecular complexity index is 599. The van der Waals surface area contributed by atoms with Gasteiger partial charge < -0.3 is 9.80 Å². The van der Waals surface area contributed by atoms with Crippen LogP contribution in [-0.4, -0.2) is 52.9 Å². The Labute approximate surface area is 142 Å². The van der Waals surface area contributed by atoms with Gasteiger partial charge in [0.2, 0.25) is 5.91 Å². The molecule has 2 aliphatic heterocycles. The molecule has 2 aliphatic rings. The lowest BCUT2D eigenvalue weighted by Gasteiger charge is -2.38. The van der Waals surface area contributed by atoms with E-state index in [4.69, 9.17) is 0 Å². The minimum Gasteiger partial charge on any atom is -0.338 e. The molecule has 24 heavy (non-hydrogen) atoms. The summed E-state index contributed by atoms with van der Waals surface area (Å²) in [6.45, 7) is 4.07. The zero-order valence-corrected chi connectivity index (χ0v) is 14.0. The van der Waals surface area contributed by atoms with Crippen LogP contribution in [0.5, 0.6) is 0 Å². The van der Waals surface area contributed by atoms with Crippen LogP contribution in [0, 0.1) is 10.1 Å². The number of benzene rings is 1. The van der Waals surface area contributed by atoms with E-state index < -0.39 is 4.92 Å². The molecule has 1 amide bonds. The minimum absolute atomic E-state index is 0.0487. The fourth-order valence-electron chi connectivity index (χ4n) is 3.84. The highest BCUT2D eigenvalue weighted by molar-refractivity contribution is 5.79. The second kappa shape index (κ2) is 7.75. The van der Waals surface area contributed by atoms with Gasteiger partial charge in [0, 0.05) is 31.3 Å². The van der Waals surface area contributed by atoms with Gasteiger partial charge in [-0.2, -0.15) is 0 Å². The van der Waals surface area contributed by atoms with Gasteiger partial charge >= 0.3 is 0 Å². The lowest BCUT2D eigenvalue weighted by atomic mass is 10.00. The summed E-state index contributed by atoms with van der Waals surface area (Å²) in [5, 5.41) is 10.9. The summed E-state index contributed by atoms with van der Waals surface area (Å²) in [4.78, 5) is 27.7. The van der Waals surface area contributed by atoms with Crippen LogP contribution >= 0.6 is 0 Å². The number of nitrogens with zero attached hydrogens (tertiary/aromatic N) is 3. The zero-order valence-electron chi connectivity index (χ0n) is 14.0. The third kappa shape index (κ3) is 4.12. The van der Waals surface area contributed by atoms with Crippen molar-refractivity contribution in [2.45, 2.75) is 44.6 Å². The number of rotatable bonds is 5. The number of carbonyl (C=O) groups is 1. The number of non-ortho nitro benzene ring substituents is 1. The largest absolute Gasteiger partial charge is 0.338 e. The summed E-state index contributed by atoms with van der Waals surface area (Å²) >= 11 is 0. The average molecular weight is 331 g/mol. The van der Waals surface area contributed by atoms with E-state index in [9.17, 15) is 14.9 Å². The van der Waals surface area contributed by atoms with Crippen LogP contribution in [0.25, 0.3) is 0 Å². The fraction of sp³-hybridized carbons (Fsp3) is 0.611. The summed E-state index contributed by atoms with van der Waals surface area (Å²) in [5.74, 6) is 0.0967. The van der Waals surface area contributed by atoms with E-state index >= 15 is 0 Å². The third-order valence-corrected chi connectivity index (χ3v) is 5.09. The first-order valence-corrected chi connectivity index (χ1v) is 8.88. The first-order valence-electron chi connectivity index (χ1n) is 8.88. The Morgan fingerprint density at radius 1 is 1.17 bits per heavy atom. The lowest BCUT2D eigenvalue weighted by molar-refractivity contribution is -0.384. The lowest BCUT2D eigenvalue weighted by Crippen LogP contribution is -2.49. The van der Waals surface area contributed by atoms with Crippen molar-refractivity contribution < 1.29 is 9.72 Å². The molecule has 1 aromatic rings. The molecule has 0 spiro atoms. The van der Waals surface area contributed by atoms with E-state index in [1.54, 1.807) is 12.1 Å². The van der Waals surface area contributed by atoms with Crippen LogP contribution in [0.3, 0.4) is 0 Å². The molecule has 0 N–H and O–H groups in total. The molecule has 0 aromatic heterocycles. The maximum Gasteiger partial charge on any atom is 0.269 e. The average Bonchev–Trinajstić information content (AvgIpc) is 3.08. The smallest absolute Gasteiger partial charge is 0.269 e. The number of nitro benzene ring substituents is 1. The molecule has 6 nitrogen and oxygen atoms in total. The zero-order chi connectivity index (χ0) is 16.9. The van der Waals surface area contributed by atoms with E-state index in [-0.39, 0.29) is 18.0 Å². The van der Waals surface area contributed by atoms with Crippen molar-refractivity contribution in [1.29, 1.82) is 0 Å². The van der Waals surface area contributed by atoms with E-state index in [1.807, 2.05) is 4.90 Å². The van der Waals surface area contributed by atoms with Gasteiger partial charge in [-0.1, -0.05) is 12.1 Å². The summed E-state index contributed by atoms with van der Waals surface area (Å²) in [6.07, 6.45) is 6.06. The molecule has 2 heterocycles. The monoisotopic (exact) mass is 331 g/mol. The van der Waals surface area contributed by atoms with Gasteiger partial charge in [0.1, 0.15) is 0 Å². The SMILES string of the molecule is O=C(Cc1cccc([N+](=O)[O-])c1)N1CCCC[C@@H]1CN1CCCC1. The summed E-state index contributed by atoms with van der Waals surface area (Å²) < 4.78 is 0. The molecule has 0 unspecified atom stereocenters. The quantitative estimate of drug-likeness (QED) is 0.614. The number of carbonyl (C=O) groups excluding carboxylic acids is 1. The van der Waals surface area contributed by atoms with E-state index in [1.165, 1.54) is 31.4 Å². The van der Waals surface area contributed by atoms with E-state index in [0.29, 0.717) is 6.04 Å². The number of hydrogen-bond acceptors (Lipinski definition) is 4. The predicted octanol–water partition coefficient (Wildman–Crippen LogP) is 2.61. The molecule has 130 valence electrons. The Morgan fingerprint density at radius 2 is 1.92 bits per heavy atom. The van der Waals surface area contributed by atoms with E-state index in [2.05, 4.69) is 4.90 Å². The second-order valence-corrected chi connectivity index (χ2v) is 6.85. The van der Waals surface area contributed by atoms with Crippen molar-refractivity contribution in [3.05, 3.63) is 39.9 Å². The summed E-state index contributed by atoms with van der Waals surface area (Å²) in [6, 6.07) is 6.72. The molecule has 0 bridgehead atoms. The first-order chi connectivity index (χ1) is 11.6. The van der Waals surface area contributed by atoms with Crippen molar-refractivity contribution in [2.24, 2.45) is 0 Å². The van der Waals surface area contributed by atoms with Crippen molar-refractivity contribution in [2.75, 3.05) is 26.2 Å². The van der Waals surface area contributed by atoms with Crippen LogP contribution in [0.15, 0.2) is 24.3 Å². The van der Waals surface area contributed by atoms with Crippen LogP contribution in [0.2, 0.25) is 0 Å². The third-order valence-electron chi connectivity index (χ3n) is 5.09. The van der Waals surface area contributed by atoms with Crippen LogP contribution < -0.4 is 0 Å². The Kier molecular flexibility index (Phi) is 5.45. The number of nitro groups is 1. The Balaban J connectivity index is 1.65. The maximum absolute atomic E-state index is 12.8. The van der Waals surface area contributed by atoms with Gasteiger partial charge in [0.05, 0.1) is 11.3 Å². The minimum atomic E-state index is -0.412. The molecule has 1 atom stereocenters. The van der Waals surface area contributed by atoms with Crippen molar-refractivity contribution >= 4 is 11.6 Å².